The second-order valence-electron chi connectivity index (χ2n) is 3.89. The first-order valence-corrected chi connectivity index (χ1v) is 6.64. The van der Waals surface area contributed by atoms with E-state index < -0.39 is 0 Å². The van der Waals surface area contributed by atoms with E-state index >= 15 is 0 Å². The molecule has 0 aliphatic rings. The van der Waals surface area contributed by atoms with Crippen molar-refractivity contribution in [2.24, 2.45) is 5.73 Å². The van der Waals surface area contributed by atoms with Crippen LogP contribution < -0.4 is 10.5 Å². The fourth-order valence-corrected chi connectivity index (χ4v) is 2.46. The molecule has 0 radical (unpaired) electrons. The van der Waals surface area contributed by atoms with E-state index in [0.717, 1.165) is 21.3 Å². The van der Waals surface area contributed by atoms with E-state index in [1.54, 1.807) is 7.11 Å². The first-order valence-electron chi connectivity index (χ1n) is 5.47. The number of nitrogens with two attached hydrogens (primary N) is 1. The molecule has 0 saturated heterocycles. The Morgan fingerprint density at radius 2 is 1.89 bits per heavy atom. The Morgan fingerprint density at radius 1 is 1.17 bits per heavy atom. The summed E-state index contributed by atoms with van der Waals surface area (Å²) in [4.78, 5) is 0. The summed E-state index contributed by atoms with van der Waals surface area (Å²) in [5.41, 5.74) is 8.06. The van der Waals surface area contributed by atoms with Crippen LogP contribution in [0, 0.1) is 0 Å². The fourth-order valence-electron chi connectivity index (χ4n) is 1.84. The van der Waals surface area contributed by atoms with Crippen molar-refractivity contribution in [3.63, 3.8) is 0 Å². The minimum absolute atomic E-state index is 0.314. The van der Waals surface area contributed by atoms with Crippen LogP contribution in [0.1, 0.15) is 17.2 Å². The highest BCUT2D eigenvalue weighted by Crippen LogP contribution is 2.33. The van der Waals surface area contributed by atoms with Crippen LogP contribution in [0.4, 0.5) is 0 Å². The first kappa shape index (κ1) is 13.4. The van der Waals surface area contributed by atoms with Crippen LogP contribution in [0.5, 0.6) is 5.75 Å². The van der Waals surface area contributed by atoms with Gasteiger partial charge in [0.25, 0.3) is 0 Å². The lowest BCUT2D eigenvalue weighted by Crippen LogP contribution is -2.13. The normalized spacial score (nSPS) is 12.2. The average molecular weight is 327 g/mol. The van der Waals surface area contributed by atoms with Crippen LogP contribution in [0.15, 0.2) is 46.9 Å². The average Bonchev–Trinajstić information content (AvgIpc) is 2.40. The minimum atomic E-state index is -0.314. The van der Waals surface area contributed by atoms with Gasteiger partial charge in [-0.1, -0.05) is 45.7 Å². The van der Waals surface area contributed by atoms with Gasteiger partial charge in [0.2, 0.25) is 0 Å². The molecule has 0 aromatic heterocycles. The summed E-state index contributed by atoms with van der Waals surface area (Å²) >= 11 is 9.62. The molecule has 0 aliphatic carbocycles. The topological polar surface area (TPSA) is 35.2 Å². The van der Waals surface area contributed by atoms with Crippen molar-refractivity contribution in [2.75, 3.05) is 7.11 Å². The maximum Gasteiger partial charge on any atom is 0.123 e. The second-order valence-corrected chi connectivity index (χ2v) is 5.21. The fraction of sp³-hybridized carbons (Fsp3) is 0.143. The lowest BCUT2D eigenvalue weighted by atomic mass is 9.99. The maximum absolute atomic E-state index is 6.28. The van der Waals surface area contributed by atoms with Crippen LogP contribution >= 0.6 is 27.5 Å². The minimum Gasteiger partial charge on any atom is -0.496 e. The van der Waals surface area contributed by atoms with Crippen molar-refractivity contribution in [1.82, 2.24) is 0 Å². The van der Waals surface area contributed by atoms with Gasteiger partial charge in [0.1, 0.15) is 5.75 Å². The smallest absolute Gasteiger partial charge is 0.123 e. The predicted molar refractivity (Wildman–Crippen MR) is 78.2 cm³/mol. The van der Waals surface area contributed by atoms with Crippen LogP contribution in [-0.4, -0.2) is 7.11 Å². The Balaban J connectivity index is 2.47. The summed E-state index contributed by atoms with van der Waals surface area (Å²) in [6, 6.07) is 13.0. The van der Waals surface area contributed by atoms with E-state index in [0.29, 0.717) is 5.02 Å². The summed E-state index contributed by atoms with van der Waals surface area (Å²) in [5.74, 6) is 0.765. The Bertz CT molecular complexity index is 559. The molecule has 0 aliphatic heterocycles. The number of hydrogen-bond acceptors (Lipinski definition) is 2. The third-order valence-corrected chi connectivity index (χ3v) is 3.60. The maximum atomic E-state index is 6.28. The monoisotopic (exact) mass is 325 g/mol. The van der Waals surface area contributed by atoms with Crippen LogP contribution in [-0.2, 0) is 0 Å². The summed E-state index contributed by atoms with van der Waals surface area (Å²) in [7, 11) is 1.63. The van der Waals surface area contributed by atoms with Crippen LogP contribution in [0.25, 0.3) is 0 Å². The van der Waals surface area contributed by atoms with Gasteiger partial charge in [-0.05, 0) is 29.8 Å². The molecule has 2 aromatic carbocycles. The van der Waals surface area contributed by atoms with Crippen molar-refractivity contribution in [3.8, 4) is 5.75 Å². The van der Waals surface area contributed by atoms with E-state index in [9.17, 15) is 0 Å². The van der Waals surface area contributed by atoms with Gasteiger partial charge < -0.3 is 10.5 Å². The number of benzene rings is 2. The van der Waals surface area contributed by atoms with E-state index in [2.05, 4.69) is 15.9 Å². The Hall–Kier alpha value is -1.03. The molecule has 1 unspecified atom stereocenters. The molecule has 2 N–H and O–H groups in total. The third-order valence-electron chi connectivity index (χ3n) is 2.77. The number of rotatable bonds is 3. The number of methoxy groups -OCH3 is 1. The molecule has 2 aromatic rings. The summed E-state index contributed by atoms with van der Waals surface area (Å²) in [6.07, 6.45) is 0. The van der Waals surface area contributed by atoms with Crippen molar-refractivity contribution in [3.05, 3.63) is 63.1 Å². The molecule has 0 bridgehead atoms. The van der Waals surface area contributed by atoms with Crippen molar-refractivity contribution in [2.45, 2.75) is 6.04 Å². The number of hydrogen-bond donors (Lipinski definition) is 1. The van der Waals surface area contributed by atoms with E-state index in [4.69, 9.17) is 22.1 Å². The zero-order valence-electron chi connectivity index (χ0n) is 9.86. The van der Waals surface area contributed by atoms with Gasteiger partial charge in [-0.3, -0.25) is 0 Å². The second kappa shape index (κ2) is 5.74. The quantitative estimate of drug-likeness (QED) is 0.919. The molecule has 0 spiro atoms. The molecular formula is C14H13BrClNO. The molecule has 1 atom stereocenters. The van der Waals surface area contributed by atoms with Gasteiger partial charge in [0.05, 0.1) is 13.2 Å². The largest absolute Gasteiger partial charge is 0.496 e. The zero-order chi connectivity index (χ0) is 13.1. The third kappa shape index (κ3) is 2.69. The molecule has 4 heteroatoms. The highest BCUT2D eigenvalue weighted by Gasteiger charge is 2.16. The summed E-state index contributed by atoms with van der Waals surface area (Å²) in [5, 5.41) is 0.650. The molecule has 0 amide bonds. The Labute approximate surface area is 120 Å². The molecule has 0 heterocycles. The lowest BCUT2D eigenvalue weighted by Gasteiger charge is -2.17. The summed E-state index contributed by atoms with van der Waals surface area (Å²) in [6.45, 7) is 0. The number of para-hydroxylation sites is 1. The number of halogens is 2. The highest BCUT2D eigenvalue weighted by molar-refractivity contribution is 9.10. The highest BCUT2D eigenvalue weighted by atomic mass is 79.9. The Kier molecular flexibility index (Phi) is 4.27. The van der Waals surface area contributed by atoms with Crippen molar-refractivity contribution < 1.29 is 4.74 Å². The Morgan fingerprint density at radius 3 is 2.61 bits per heavy atom. The van der Waals surface area contributed by atoms with E-state index in [1.807, 2.05) is 42.5 Å². The van der Waals surface area contributed by atoms with Gasteiger partial charge in [-0.2, -0.15) is 0 Å². The number of ether oxygens (including phenoxy) is 1. The molecule has 2 rings (SSSR count). The summed E-state index contributed by atoms with van der Waals surface area (Å²) < 4.78 is 6.27. The van der Waals surface area contributed by atoms with Crippen molar-refractivity contribution in [1.29, 1.82) is 0 Å². The van der Waals surface area contributed by atoms with Crippen molar-refractivity contribution >= 4 is 27.5 Å². The zero-order valence-corrected chi connectivity index (χ0v) is 12.2. The van der Waals surface area contributed by atoms with Gasteiger partial charge in [0.15, 0.2) is 0 Å². The van der Waals surface area contributed by atoms with Gasteiger partial charge in [-0.15, -0.1) is 0 Å². The van der Waals surface area contributed by atoms with Gasteiger partial charge in [0, 0.05) is 15.1 Å². The standard InChI is InChI=1S/C14H13BrClNO/c1-18-13-5-3-2-4-10(13)14(17)11-8-9(15)6-7-12(11)16/h2-8,14H,17H2,1H3. The SMILES string of the molecule is COc1ccccc1C(N)c1cc(Br)ccc1Cl. The van der Waals surface area contributed by atoms with Crippen LogP contribution in [0.2, 0.25) is 5.02 Å². The lowest BCUT2D eigenvalue weighted by molar-refractivity contribution is 0.408. The van der Waals surface area contributed by atoms with Gasteiger partial charge >= 0.3 is 0 Å². The molecule has 0 saturated carbocycles. The molecule has 94 valence electrons. The van der Waals surface area contributed by atoms with Crippen LogP contribution in [0.3, 0.4) is 0 Å². The molecule has 2 nitrogen and oxygen atoms in total. The van der Waals surface area contributed by atoms with E-state index in [-0.39, 0.29) is 6.04 Å². The van der Waals surface area contributed by atoms with E-state index in [1.165, 1.54) is 0 Å². The molecular weight excluding hydrogens is 314 g/mol. The molecule has 0 fully saturated rings. The van der Waals surface area contributed by atoms with Gasteiger partial charge in [-0.25, -0.2) is 0 Å². The molecule has 18 heavy (non-hydrogen) atoms. The first-order chi connectivity index (χ1) is 8.63. The predicted octanol–water partition coefficient (Wildman–Crippen LogP) is 4.16.